The third kappa shape index (κ3) is 9.30. The molecule has 0 aromatic heterocycles. The topological polar surface area (TPSA) is 140 Å². The first-order chi connectivity index (χ1) is 22.0. The number of hydrogen-bond acceptors (Lipinski definition) is 9. The predicted octanol–water partition coefficient (Wildman–Crippen LogP) is 6.30. The van der Waals surface area contributed by atoms with E-state index in [2.05, 4.69) is 66.3 Å². The number of urea groups is 1. The fraction of sp³-hybridized carbons (Fsp3) is 0.258. The van der Waals surface area contributed by atoms with Crippen molar-refractivity contribution in [3.05, 3.63) is 93.7 Å². The van der Waals surface area contributed by atoms with Gasteiger partial charge in [0.1, 0.15) is 19.0 Å². The number of benzene rings is 3. The number of aliphatic hydroxyl groups excluding tert-OH is 1. The first-order valence-corrected chi connectivity index (χ1v) is 16.7. The smallest absolute Gasteiger partial charge is 0.337 e. The first kappa shape index (κ1) is 35.9. The first-order valence-electron chi connectivity index (χ1n) is 13.8. The standard InChI is InChI=1S/C31H30Cl2I2N4O7/c1-4-44-25-12-19(28-27(30(41)43-3)16(2)37-31(42)38-28)6-8-24(25)45-15-26(40)39-36-13-18-10-22(34)29(23(35)11-18)46-14-17-5-7-20(32)21(33)9-17/h5-13,26,28,39-40H,4,14-15H2,1-3H3,(H2,37,38,42)/b36-13+/t26-,28-/m1/s1. The van der Waals surface area contributed by atoms with Gasteiger partial charge >= 0.3 is 12.0 Å². The molecule has 15 heteroatoms. The molecule has 3 aromatic rings. The van der Waals surface area contributed by atoms with E-state index in [1.807, 2.05) is 25.1 Å². The molecule has 1 heterocycles. The summed E-state index contributed by atoms with van der Waals surface area (Å²) in [6, 6.07) is 13.0. The van der Waals surface area contributed by atoms with Gasteiger partial charge in [-0.15, -0.1) is 0 Å². The Morgan fingerprint density at radius 2 is 1.80 bits per heavy atom. The van der Waals surface area contributed by atoms with Crippen LogP contribution in [0.15, 0.2) is 64.9 Å². The molecule has 0 unspecified atom stereocenters. The molecule has 4 N–H and O–H groups in total. The van der Waals surface area contributed by atoms with Crippen LogP contribution in [-0.2, 0) is 16.1 Å². The summed E-state index contributed by atoms with van der Waals surface area (Å²) in [5.41, 5.74) is 5.59. The van der Waals surface area contributed by atoms with Crippen LogP contribution in [0.25, 0.3) is 0 Å². The van der Waals surface area contributed by atoms with Gasteiger partial charge in [-0.1, -0.05) is 35.3 Å². The molecule has 0 spiro atoms. The number of nitrogens with zero attached hydrogens (tertiary/aromatic N) is 1. The summed E-state index contributed by atoms with van der Waals surface area (Å²) in [7, 11) is 1.27. The number of allylic oxidation sites excluding steroid dienone is 1. The van der Waals surface area contributed by atoms with Gasteiger partial charge in [0.2, 0.25) is 0 Å². The molecule has 0 bridgehead atoms. The summed E-state index contributed by atoms with van der Waals surface area (Å²) in [6.45, 7) is 3.96. The zero-order valence-electron chi connectivity index (χ0n) is 24.8. The Bertz CT molecular complexity index is 1650. The van der Waals surface area contributed by atoms with Crippen LogP contribution in [0, 0.1) is 7.14 Å². The molecule has 0 aliphatic carbocycles. The number of esters is 1. The minimum Gasteiger partial charge on any atom is -0.490 e. The van der Waals surface area contributed by atoms with Gasteiger partial charge in [-0.25, -0.2) is 9.59 Å². The summed E-state index contributed by atoms with van der Waals surface area (Å²) in [5.74, 6) is 0.890. The van der Waals surface area contributed by atoms with E-state index < -0.39 is 24.3 Å². The van der Waals surface area contributed by atoms with Crippen LogP contribution in [0.2, 0.25) is 10.0 Å². The van der Waals surface area contributed by atoms with Crippen LogP contribution >= 0.6 is 68.4 Å². The van der Waals surface area contributed by atoms with Crippen molar-refractivity contribution in [3.63, 3.8) is 0 Å². The summed E-state index contributed by atoms with van der Waals surface area (Å²) in [6.07, 6.45) is 0.441. The lowest BCUT2D eigenvalue weighted by Gasteiger charge is -2.28. The molecule has 1 aliphatic heterocycles. The van der Waals surface area contributed by atoms with Gasteiger partial charge in [0.25, 0.3) is 0 Å². The van der Waals surface area contributed by atoms with E-state index in [9.17, 15) is 14.7 Å². The molecule has 0 saturated carbocycles. The normalized spacial score (nSPS) is 15.2. The molecule has 11 nitrogen and oxygen atoms in total. The van der Waals surface area contributed by atoms with E-state index in [0.29, 0.717) is 46.0 Å². The minimum absolute atomic E-state index is 0.149. The number of rotatable bonds is 13. The summed E-state index contributed by atoms with van der Waals surface area (Å²) in [5, 5.41) is 20.9. The van der Waals surface area contributed by atoms with Crippen molar-refractivity contribution in [3.8, 4) is 17.2 Å². The van der Waals surface area contributed by atoms with Gasteiger partial charge in [0.15, 0.2) is 17.7 Å². The van der Waals surface area contributed by atoms with Gasteiger partial charge in [-0.2, -0.15) is 5.10 Å². The van der Waals surface area contributed by atoms with Gasteiger partial charge in [-0.05, 0) is 112 Å². The molecular formula is C31H30Cl2I2N4O7. The van der Waals surface area contributed by atoms with Gasteiger partial charge < -0.3 is 34.7 Å². The number of amides is 2. The Morgan fingerprint density at radius 3 is 2.48 bits per heavy atom. The van der Waals surface area contributed by atoms with Gasteiger partial charge in [0.05, 0.1) is 48.7 Å². The number of carbonyl (C=O) groups excluding carboxylic acids is 2. The number of methoxy groups -OCH3 is 1. The van der Waals surface area contributed by atoms with E-state index in [-0.39, 0.29) is 12.2 Å². The summed E-state index contributed by atoms with van der Waals surface area (Å²) in [4.78, 5) is 24.6. The highest BCUT2D eigenvalue weighted by atomic mass is 127. The number of ether oxygens (including phenoxy) is 4. The Morgan fingerprint density at radius 1 is 1.07 bits per heavy atom. The van der Waals surface area contributed by atoms with Crippen LogP contribution in [0.4, 0.5) is 4.79 Å². The van der Waals surface area contributed by atoms with Crippen LogP contribution in [0.1, 0.15) is 36.6 Å². The molecule has 0 fully saturated rings. The largest absolute Gasteiger partial charge is 0.490 e. The molecule has 0 saturated heterocycles. The summed E-state index contributed by atoms with van der Waals surface area (Å²) >= 11 is 16.5. The number of aliphatic hydroxyl groups is 1. The van der Waals surface area contributed by atoms with Gasteiger partial charge in [-0.3, -0.25) is 5.43 Å². The van der Waals surface area contributed by atoms with E-state index in [0.717, 1.165) is 24.0 Å². The fourth-order valence-electron chi connectivity index (χ4n) is 4.40. The van der Waals surface area contributed by atoms with Crippen molar-refractivity contribution in [2.45, 2.75) is 32.7 Å². The van der Waals surface area contributed by atoms with Gasteiger partial charge in [0, 0.05) is 5.70 Å². The average molecular weight is 895 g/mol. The third-order valence-corrected chi connectivity index (χ3v) is 8.84. The second-order valence-electron chi connectivity index (χ2n) is 9.77. The highest BCUT2D eigenvalue weighted by Gasteiger charge is 2.32. The Hall–Kier alpha value is -2.99. The van der Waals surface area contributed by atoms with E-state index >= 15 is 0 Å². The third-order valence-electron chi connectivity index (χ3n) is 6.50. The van der Waals surface area contributed by atoms with Crippen LogP contribution in [0.3, 0.4) is 0 Å². The Kier molecular flexibility index (Phi) is 13.0. The van der Waals surface area contributed by atoms with Crippen molar-refractivity contribution in [2.24, 2.45) is 5.10 Å². The summed E-state index contributed by atoms with van der Waals surface area (Å²) < 4.78 is 24.3. The molecular weight excluding hydrogens is 865 g/mol. The maximum Gasteiger partial charge on any atom is 0.337 e. The Labute approximate surface area is 303 Å². The van der Waals surface area contributed by atoms with Crippen LogP contribution in [0.5, 0.6) is 17.2 Å². The quantitative estimate of drug-likeness (QED) is 0.0516. The lowest BCUT2D eigenvalue weighted by molar-refractivity contribution is -0.136. The van der Waals surface area contributed by atoms with Crippen molar-refractivity contribution in [1.29, 1.82) is 0 Å². The van der Waals surface area contributed by atoms with E-state index in [4.69, 9.17) is 42.1 Å². The number of hydrogen-bond donors (Lipinski definition) is 4. The maximum absolute atomic E-state index is 12.5. The number of nitrogens with one attached hydrogen (secondary N) is 3. The molecule has 2 atom stereocenters. The van der Waals surface area contributed by atoms with Crippen molar-refractivity contribution < 1.29 is 33.6 Å². The van der Waals surface area contributed by atoms with E-state index in [1.54, 1.807) is 43.5 Å². The van der Waals surface area contributed by atoms with Crippen LogP contribution < -0.4 is 30.3 Å². The second kappa shape index (κ2) is 16.7. The lowest BCUT2D eigenvalue weighted by atomic mass is 9.95. The highest BCUT2D eigenvalue weighted by molar-refractivity contribution is 14.1. The molecule has 4 rings (SSSR count). The lowest BCUT2D eigenvalue weighted by Crippen LogP contribution is -2.45. The van der Waals surface area contributed by atoms with Crippen molar-refractivity contribution >= 4 is 86.6 Å². The van der Waals surface area contributed by atoms with Crippen molar-refractivity contribution in [1.82, 2.24) is 16.1 Å². The molecule has 244 valence electrons. The number of halogens is 4. The zero-order valence-corrected chi connectivity index (χ0v) is 30.7. The SMILES string of the molecule is CCOc1cc([C@H]2NC(=O)NC(C)=C2C(=O)OC)ccc1OC[C@@H](O)N/N=C/c1cc(I)c(OCc2ccc(Cl)c(Cl)c2)c(I)c1. The second-order valence-corrected chi connectivity index (χ2v) is 12.9. The monoisotopic (exact) mass is 894 g/mol. The Balaban J connectivity index is 1.37. The minimum atomic E-state index is -1.14. The van der Waals surface area contributed by atoms with E-state index in [1.165, 1.54) is 7.11 Å². The molecule has 3 aromatic carbocycles. The van der Waals surface area contributed by atoms with Crippen LogP contribution in [-0.4, -0.2) is 49.9 Å². The molecule has 1 aliphatic rings. The number of hydrazone groups is 1. The van der Waals surface area contributed by atoms with Crippen molar-refractivity contribution in [2.75, 3.05) is 20.3 Å². The zero-order chi connectivity index (χ0) is 33.4. The molecule has 0 radical (unpaired) electrons. The maximum atomic E-state index is 12.5. The predicted molar refractivity (Wildman–Crippen MR) is 192 cm³/mol. The fourth-order valence-corrected chi connectivity index (χ4v) is 6.85. The molecule has 2 amide bonds. The average Bonchev–Trinajstić information content (AvgIpc) is 3.01. The molecule has 46 heavy (non-hydrogen) atoms. The number of carbonyl (C=O) groups is 2. The highest BCUT2D eigenvalue weighted by Crippen LogP contribution is 2.35.